The molecule has 178 valence electrons. The Morgan fingerprint density at radius 3 is 2.38 bits per heavy atom. The Labute approximate surface area is 202 Å². The van der Waals surface area contributed by atoms with Gasteiger partial charge in [0.25, 0.3) is 11.5 Å². The van der Waals surface area contributed by atoms with Crippen LogP contribution in [0.3, 0.4) is 0 Å². The summed E-state index contributed by atoms with van der Waals surface area (Å²) in [6.07, 6.45) is 1.63. The predicted molar refractivity (Wildman–Crippen MR) is 129 cm³/mol. The quantitative estimate of drug-likeness (QED) is 0.242. The van der Waals surface area contributed by atoms with Crippen LogP contribution in [0.4, 0.5) is 5.82 Å². The molecule has 1 aliphatic heterocycles. The van der Waals surface area contributed by atoms with Crippen molar-refractivity contribution >= 4 is 57.9 Å². The SMILES string of the molecule is COc1ccc(/C=C2/SC(=S)N(CC(=O)OCC(=O)c3c(N)n(C)c(=O)n(C)c3=O)C2=O)cc1. The van der Waals surface area contributed by atoms with Crippen LogP contribution in [0.5, 0.6) is 5.75 Å². The molecular formula is C21H20N4O7S2. The number of nitrogens with zero attached hydrogens (tertiary/aromatic N) is 3. The van der Waals surface area contributed by atoms with Gasteiger partial charge in [0.2, 0.25) is 5.78 Å². The van der Waals surface area contributed by atoms with Crippen molar-refractivity contribution < 1.29 is 23.9 Å². The fourth-order valence-corrected chi connectivity index (χ4v) is 4.26. The fourth-order valence-electron chi connectivity index (χ4n) is 3.00. The number of methoxy groups -OCH3 is 1. The zero-order valence-corrected chi connectivity index (χ0v) is 20.0. The van der Waals surface area contributed by atoms with E-state index in [0.717, 1.165) is 31.4 Å². The Morgan fingerprint density at radius 2 is 1.76 bits per heavy atom. The highest BCUT2D eigenvalue weighted by Gasteiger charge is 2.34. The van der Waals surface area contributed by atoms with Gasteiger partial charge in [0.1, 0.15) is 28.0 Å². The lowest BCUT2D eigenvalue weighted by atomic mass is 10.2. The van der Waals surface area contributed by atoms with Crippen LogP contribution < -0.4 is 21.7 Å². The normalized spacial score (nSPS) is 14.6. The van der Waals surface area contributed by atoms with E-state index in [4.69, 9.17) is 27.4 Å². The predicted octanol–water partition coefficient (Wildman–Crippen LogP) is 0.302. The summed E-state index contributed by atoms with van der Waals surface area (Å²) in [5.41, 5.74) is 4.40. The number of hydrogen-bond acceptors (Lipinski definition) is 10. The second kappa shape index (κ2) is 10.1. The molecule has 0 atom stereocenters. The summed E-state index contributed by atoms with van der Waals surface area (Å²) in [5, 5.41) is 0. The number of esters is 1. The molecule has 11 nitrogen and oxygen atoms in total. The van der Waals surface area contributed by atoms with Gasteiger partial charge < -0.3 is 15.2 Å². The Balaban J connectivity index is 1.66. The van der Waals surface area contributed by atoms with Crippen LogP contribution in [0.25, 0.3) is 6.08 Å². The van der Waals surface area contributed by atoms with Gasteiger partial charge in [-0.2, -0.15) is 0 Å². The van der Waals surface area contributed by atoms with Gasteiger partial charge in [-0.1, -0.05) is 36.1 Å². The van der Waals surface area contributed by atoms with Gasteiger partial charge in [0.05, 0.1) is 12.0 Å². The topological polar surface area (TPSA) is 143 Å². The minimum atomic E-state index is -0.907. The molecule has 1 amide bonds. The molecule has 2 aromatic rings. The van der Waals surface area contributed by atoms with E-state index in [-0.39, 0.29) is 10.1 Å². The number of anilines is 1. The molecule has 0 saturated carbocycles. The van der Waals surface area contributed by atoms with Crippen LogP contribution in [0.15, 0.2) is 38.8 Å². The molecule has 1 aromatic carbocycles. The van der Waals surface area contributed by atoms with Crippen molar-refractivity contribution in [2.24, 2.45) is 14.1 Å². The first kappa shape index (κ1) is 24.9. The Kier molecular flexibility index (Phi) is 7.37. The highest BCUT2D eigenvalue weighted by atomic mass is 32.2. The number of thioether (sulfide) groups is 1. The molecule has 2 heterocycles. The summed E-state index contributed by atoms with van der Waals surface area (Å²) in [4.78, 5) is 62.9. The van der Waals surface area contributed by atoms with Crippen LogP contribution in [-0.2, 0) is 28.4 Å². The molecule has 1 saturated heterocycles. The van der Waals surface area contributed by atoms with Crippen LogP contribution >= 0.6 is 24.0 Å². The van der Waals surface area contributed by atoms with E-state index in [9.17, 15) is 24.0 Å². The second-order valence-corrected chi connectivity index (χ2v) is 8.77. The summed E-state index contributed by atoms with van der Waals surface area (Å²) in [5.74, 6) is -1.94. The average molecular weight is 505 g/mol. The number of benzene rings is 1. The van der Waals surface area contributed by atoms with Crippen molar-refractivity contribution in [1.82, 2.24) is 14.0 Å². The number of ether oxygens (including phenoxy) is 2. The third kappa shape index (κ3) is 4.94. The van der Waals surface area contributed by atoms with Gasteiger partial charge in [-0.3, -0.25) is 33.2 Å². The Hall–Kier alpha value is -3.71. The van der Waals surface area contributed by atoms with Crippen molar-refractivity contribution in [1.29, 1.82) is 0 Å². The van der Waals surface area contributed by atoms with Gasteiger partial charge in [0.15, 0.2) is 6.61 Å². The molecule has 1 fully saturated rings. The molecule has 1 aliphatic rings. The smallest absolute Gasteiger partial charge is 0.332 e. The van der Waals surface area contributed by atoms with E-state index in [1.54, 1.807) is 37.5 Å². The van der Waals surface area contributed by atoms with Gasteiger partial charge in [-0.25, -0.2) is 4.79 Å². The number of aromatic nitrogens is 2. The zero-order chi connectivity index (χ0) is 25.2. The first-order valence-electron chi connectivity index (χ1n) is 9.68. The third-order valence-electron chi connectivity index (χ3n) is 4.93. The molecule has 3 rings (SSSR count). The van der Waals surface area contributed by atoms with Crippen molar-refractivity contribution in [2.45, 2.75) is 0 Å². The van der Waals surface area contributed by atoms with Crippen molar-refractivity contribution in [3.05, 3.63) is 61.1 Å². The molecule has 13 heteroatoms. The highest BCUT2D eigenvalue weighted by Crippen LogP contribution is 2.32. The maximum atomic E-state index is 12.7. The van der Waals surface area contributed by atoms with Gasteiger partial charge in [-0.15, -0.1) is 0 Å². The summed E-state index contributed by atoms with van der Waals surface area (Å²) in [6, 6.07) is 7.01. The first-order chi connectivity index (χ1) is 16.0. The fraction of sp³-hybridized carbons (Fsp3) is 0.238. The number of rotatable bonds is 7. The number of amides is 1. The van der Waals surface area contributed by atoms with Crippen molar-refractivity contribution in [3.63, 3.8) is 0 Å². The maximum Gasteiger partial charge on any atom is 0.332 e. The third-order valence-corrected chi connectivity index (χ3v) is 6.31. The number of Topliss-reactive ketones (excluding diaryl/α,β-unsaturated/α-hetero) is 1. The highest BCUT2D eigenvalue weighted by molar-refractivity contribution is 8.26. The number of hydrogen-bond donors (Lipinski definition) is 1. The number of nitrogen functional groups attached to an aromatic ring is 1. The Bertz CT molecular complexity index is 1340. The molecule has 0 bridgehead atoms. The molecular weight excluding hydrogens is 484 g/mol. The lowest BCUT2D eigenvalue weighted by Gasteiger charge is -2.14. The first-order valence-corrected chi connectivity index (χ1v) is 10.9. The van der Waals surface area contributed by atoms with E-state index < -0.39 is 47.6 Å². The molecule has 0 spiro atoms. The zero-order valence-electron chi connectivity index (χ0n) is 18.4. The van der Waals surface area contributed by atoms with Crippen LogP contribution in [0.1, 0.15) is 15.9 Å². The largest absolute Gasteiger partial charge is 0.497 e. The van der Waals surface area contributed by atoms with Crippen LogP contribution in [-0.4, -0.2) is 56.3 Å². The van der Waals surface area contributed by atoms with E-state index in [0.29, 0.717) is 10.7 Å². The van der Waals surface area contributed by atoms with Gasteiger partial charge in [-0.05, 0) is 23.8 Å². The summed E-state index contributed by atoms with van der Waals surface area (Å²) in [7, 11) is 4.04. The van der Waals surface area contributed by atoms with Crippen molar-refractivity contribution in [3.8, 4) is 5.75 Å². The number of carbonyl (C=O) groups excluding carboxylic acids is 3. The number of ketones is 1. The minimum Gasteiger partial charge on any atom is -0.497 e. The maximum absolute atomic E-state index is 12.7. The number of thiocarbonyl (C=S) groups is 1. The lowest BCUT2D eigenvalue weighted by Crippen LogP contribution is -2.42. The van der Waals surface area contributed by atoms with Gasteiger partial charge >= 0.3 is 11.7 Å². The molecule has 2 N–H and O–H groups in total. The van der Waals surface area contributed by atoms with Gasteiger partial charge in [0, 0.05) is 14.1 Å². The van der Waals surface area contributed by atoms with E-state index in [1.165, 1.54) is 14.1 Å². The van der Waals surface area contributed by atoms with Crippen LogP contribution in [0, 0.1) is 0 Å². The molecule has 0 aliphatic carbocycles. The van der Waals surface area contributed by atoms with E-state index in [2.05, 4.69) is 0 Å². The summed E-state index contributed by atoms with van der Waals surface area (Å²) < 4.78 is 11.9. The molecule has 0 unspecified atom stereocenters. The lowest BCUT2D eigenvalue weighted by molar-refractivity contribution is -0.145. The van der Waals surface area contributed by atoms with Crippen LogP contribution in [0.2, 0.25) is 0 Å². The summed E-state index contributed by atoms with van der Waals surface area (Å²) in [6.45, 7) is -1.31. The summed E-state index contributed by atoms with van der Waals surface area (Å²) >= 11 is 6.22. The standard InChI is InChI=1S/C21H20N4O7S2/c1-23-17(22)16(19(29)24(2)20(23)30)13(26)10-32-15(27)9-25-18(28)14(34-21(25)33)8-11-4-6-12(31-3)7-5-11/h4-8H,9-10,22H2,1-3H3/b14-8+. The minimum absolute atomic E-state index is 0.157. The van der Waals surface area contributed by atoms with E-state index in [1.807, 2.05) is 0 Å². The average Bonchev–Trinajstić information content (AvgIpc) is 3.08. The number of carbonyl (C=O) groups is 3. The van der Waals surface area contributed by atoms with E-state index >= 15 is 0 Å². The monoisotopic (exact) mass is 504 g/mol. The number of nitrogens with two attached hydrogens (primary N) is 1. The second-order valence-electron chi connectivity index (χ2n) is 7.09. The molecule has 34 heavy (non-hydrogen) atoms. The molecule has 0 radical (unpaired) electrons. The van der Waals surface area contributed by atoms with Crippen molar-refractivity contribution in [2.75, 3.05) is 26.0 Å². The molecule has 1 aromatic heterocycles. The Morgan fingerprint density at radius 1 is 1.12 bits per heavy atom.